The van der Waals surface area contributed by atoms with Gasteiger partial charge in [0.1, 0.15) is 12.4 Å². The summed E-state index contributed by atoms with van der Waals surface area (Å²) in [5, 5.41) is 8.69. The van der Waals surface area contributed by atoms with Crippen molar-refractivity contribution in [1.29, 1.82) is 0 Å². The van der Waals surface area contributed by atoms with Gasteiger partial charge in [-0.05, 0) is 31.2 Å². The molecule has 1 rings (SSSR count). The van der Waals surface area contributed by atoms with Crippen molar-refractivity contribution in [1.82, 2.24) is 0 Å². The van der Waals surface area contributed by atoms with E-state index >= 15 is 0 Å². The summed E-state index contributed by atoms with van der Waals surface area (Å²) in [6.07, 6.45) is -7.21. The summed E-state index contributed by atoms with van der Waals surface area (Å²) >= 11 is 0. The van der Waals surface area contributed by atoms with Crippen LogP contribution in [0.5, 0.6) is 5.75 Å². The number of carbonyl (C=O) groups excluding carboxylic acids is 1. The van der Waals surface area contributed by atoms with E-state index in [2.05, 4.69) is 0 Å². The topological polar surface area (TPSA) is 46.5 Å². The van der Waals surface area contributed by atoms with Crippen LogP contribution in [-0.4, -0.2) is 29.8 Å². The Morgan fingerprint density at radius 2 is 1.88 bits per heavy atom. The fraction of sp³-hybridized carbons (Fsp3) is 0.364. The van der Waals surface area contributed by atoms with Gasteiger partial charge >= 0.3 is 6.18 Å². The van der Waals surface area contributed by atoms with Crippen molar-refractivity contribution >= 4 is 5.78 Å². The van der Waals surface area contributed by atoms with Crippen LogP contribution in [0.3, 0.4) is 0 Å². The molecular weight excluding hydrogens is 237 g/mol. The first kappa shape index (κ1) is 13.5. The number of ketones is 1. The molecule has 94 valence electrons. The summed E-state index contributed by atoms with van der Waals surface area (Å²) in [5.74, 6) is 0.0187. The Balaban J connectivity index is 2.56. The smallest absolute Gasteiger partial charge is 0.417 e. The lowest BCUT2D eigenvalue weighted by molar-refractivity contribution is -0.210. The van der Waals surface area contributed by atoms with Gasteiger partial charge in [-0.3, -0.25) is 4.79 Å². The third-order valence-corrected chi connectivity index (χ3v) is 2.05. The average molecular weight is 248 g/mol. The van der Waals surface area contributed by atoms with Gasteiger partial charge < -0.3 is 9.84 Å². The second kappa shape index (κ2) is 5.18. The third-order valence-electron chi connectivity index (χ3n) is 2.05. The van der Waals surface area contributed by atoms with E-state index in [1.54, 1.807) is 0 Å². The zero-order valence-corrected chi connectivity index (χ0v) is 8.99. The van der Waals surface area contributed by atoms with Crippen molar-refractivity contribution < 1.29 is 27.8 Å². The monoisotopic (exact) mass is 248 g/mol. The van der Waals surface area contributed by atoms with Crippen LogP contribution in [0, 0.1) is 0 Å². The predicted molar refractivity (Wildman–Crippen MR) is 54.0 cm³/mol. The minimum Gasteiger partial charge on any atom is -0.491 e. The molecule has 0 aliphatic heterocycles. The highest BCUT2D eigenvalue weighted by atomic mass is 19.4. The molecule has 0 aromatic heterocycles. The number of aliphatic hydroxyl groups excluding tert-OH is 1. The molecule has 17 heavy (non-hydrogen) atoms. The summed E-state index contributed by atoms with van der Waals surface area (Å²) < 4.78 is 40.6. The van der Waals surface area contributed by atoms with Crippen LogP contribution in [0.1, 0.15) is 17.3 Å². The number of aliphatic hydroxyl groups is 1. The lowest BCUT2D eigenvalue weighted by Gasteiger charge is -2.15. The molecule has 1 unspecified atom stereocenters. The van der Waals surface area contributed by atoms with Crippen LogP contribution in [0.2, 0.25) is 0 Å². The highest BCUT2D eigenvalue weighted by molar-refractivity contribution is 5.94. The molecular formula is C11H11F3O3. The standard InChI is InChI=1S/C11H11F3O3/c1-7(15)8-2-4-9(5-3-8)17-6-10(16)11(12,13)14/h2-5,10,16H,6H2,1H3. The van der Waals surface area contributed by atoms with Crippen LogP contribution in [0.15, 0.2) is 24.3 Å². The second-order valence-electron chi connectivity index (χ2n) is 3.45. The molecule has 1 aromatic rings. The van der Waals surface area contributed by atoms with Crippen molar-refractivity contribution in [3.05, 3.63) is 29.8 Å². The average Bonchev–Trinajstić information content (AvgIpc) is 2.25. The van der Waals surface area contributed by atoms with Crippen molar-refractivity contribution in [3.63, 3.8) is 0 Å². The SMILES string of the molecule is CC(=O)c1ccc(OCC(O)C(F)(F)F)cc1. The number of Topliss-reactive ketones (excluding diaryl/α,β-unsaturated/α-hetero) is 1. The Morgan fingerprint density at radius 1 is 1.35 bits per heavy atom. The number of rotatable bonds is 4. The summed E-state index contributed by atoms with van der Waals surface area (Å²) in [5.41, 5.74) is 0.439. The van der Waals surface area contributed by atoms with Gasteiger partial charge in [0.2, 0.25) is 0 Å². The molecule has 0 aliphatic rings. The Bertz CT molecular complexity index is 384. The zero-order chi connectivity index (χ0) is 13.1. The van der Waals surface area contributed by atoms with E-state index in [1.165, 1.54) is 31.2 Å². The van der Waals surface area contributed by atoms with E-state index < -0.39 is 18.9 Å². The minimum absolute atomic E-state index is 0.146. The Hall–Kier alpha value is -1.56. The Labute approximate surface area is 95.8 Å². The van der Waals surface area contributed by atoms with Gasteiger partial charge in [-0.15, -0.1) is 0 Å². The molecule has 6 heteroatoms. The number of halogens is 3. The zero-order valence-electron chi connectivity index (χ0n) is 8.99. The molecule has 0 fully saturated rings. The summed E-state index contributed by atoms with van der Waals surface area (Å²) in [7, 11) is 0. The second-order valence-corrected chi connectivity index (χ2v) is 3.45. The number of hydrogen-bond donors (Lipinski definition) is 1. The maximum Gasteiger partial charge on any atom is 0.417 e. The lowest BCUT2D eigenvalue weighted by atomic mass is 10.1. The van der Waals surface area contributed by atoms with Crippen molar-refractivity contribution in [2.75, 3.05) is 6.61 Å². The predicted octanol–water partition coefficient (Wildman–Crippen LogP) is 2.19. The molecule has 0 spiro atoms. The van der Waals surface area contributed by atoms with Crippen LogP contribution < -0.4 is 4.74 Å². The maximum atomic E-state index is 11.9. The Kier molecular flexibility index (Phi) is 4.11. The molecule has 0 amide bonds. The molecule has 0 saturated carbocycles. The van der Waals surface area contributed by atoms with E-state index in [-0.39, 0.29) is 11.5 Å². The van der Waals surface area contributed by atoms with E-state index in [0.29, 0.717) is 5.56 Å². The third kappa shape index (κ3) is 4.07. The van der Waals surface area contributed by atoms with Crippen molar-refractivity contribution in [3.8, 4) is 5.75 Å². The van der Waals surface area contributed by atoms with Crippen LogP contribution >= 0.6 is 0 Å². The highest BCUT2D eigenvalue weighted by Gasteiger charge is 2.38. The normalized spacial score (nSPS) is 13.2. The number of ether oxygens (including phenoxy) is 1. The number of carbonyl (C=O) groups is 1. The van der Waals surface area contributed by atoms with Gasteiger partial charge in [0.25, 0.3) is 0 Å². The van der Waals surface area contributed by atoms with E-state index in [9.17, 15) is 18.0 Å². The van der Waals surface area contributed by atoms with Gasteiger partial charge in [-0.1, -0.05) is 0 Å². The molecule has 0 aliphatic carbocycles. The minimum atomic E-state index is -4.70. The highest BCUT2D eigenvalue weighted by Crippen LogP contribution is 2.21. The van der Waals surface area contributed by atoms with E-state index in [0.717, 1.165) is 0 Å². The first-order valence-corrected chi connectivity index (χ1v) is 4.79. The number of alkyl halides is 3. The largest absolute Gasteiger partial charge is 0.491 e. The molecule has 0 heterocycles. The summed E-state index contributed by atoms with van der Waals surface area (Å²) in [6, 6.07) is 5.63. The lowest BCUT2D eigenvalue weighted by Crippen LogP contribution is -2.34. The van der Waals surface area contributed by atoms with Gasteiger partial charge in [-0.2, -0.15) is 13.2 Å². The first-order chi connectivity index (χ1) is 7.80. The molecule has 0 saturated heterocycles. The molecule has 1 aromatic carbocycles. The molecule has 1 atom stereocenters. The summed E-state index contributed by atoms with van der Waals surface area (Å²) in [4.78, 5) is 10.9. The molecule has 0 radical (unpaired) electrons. The van der Waals surface area contributed by atoms with E-state index in [4.69, 9.17) is 9.84 Å². The van der Waals surface area contributed by atoms with Crippen LogP contribution in [0.25, 0.3) is 0 Å². The molecule has 3 nitrogen and oxygen atoms in total. The van der Waals surface area contributed by atoms with Crippen molar-refractivity contribution in [2.45, 2.75) is 19.2 Å². The van der Waals surface area contributed by atoms with Gasteiger partial charge in [-0.25, -0.2) is 0 Å². The number of benzene rings is 1. The van der Waals surface area contributed by atoms with Gasteiger partial charge in [0.15, 0.2) is 11.9 Å². The summed E-state index contributed by atoms with van der Waals surface area (Å²) in [6.45, 7) is 0.506. The van der Waals surface area contributed by atoms with Gasteiger partial charge in [0.05, 0.1) is 0 Å². The Morgan fingerprint density at radius 3 is 2.29 bits per heavy atom. The van der Waals surface area contributed by atoms with Gasteiger partial charge in [0, 0.05) is 5.56 Å². The van der Waals surface area contributed by atoms with Crippen molar-refractivity contribution in [2.24, 2.45) is 0 Å². The fourth-order valence-corrected chi connectivity index (χ4v) is 1.06. The first-order valence-electron chi connectivity index (χ1n) is 4.79. The maximum absolute atomic E-state index is 11.9. The van der Waals surface area contributed by atoms with E-state index in [1.807, 2.05) is 0 Å². The fourth-order valence-electron chi connectivity index (χ4n) is 1.06. The molecule has 0 bridgehead atoms. The quantitative estimate of drug-likeness (QED) is 0.831. The number of hydrogen-bond acceptors (Lipinski definition) is 3. The van der Waals surface area contributed by atoms with Crippen LogP contribution in [0.4, 0.5) is 13.2 Å². The van der Waals surface area contributed by atoms with Crippen LogP contribution in [-0.2, 0) is 0 Å². The molecule has 1 N–H and O–H groups in total.